The second-order valence-corrected chi connectivity index (χ2v) is 4.17. The average Bonchev–Trinajstić information content (AvgIpc) is 2.29. The third-order valence-corrected chi connectivity index (χ3v) is 2.89. The summed E-state index contributed by atoms with van der Waals surface area (Å²) in [6.45, 7) is 0.0463. The van der Waals surface area contributed by atoms with Gasteiger partial charge in [-0.25, -0.2) is 9.38 Å². The molecule has 4 N–H and O–H groups in total. The Kier molecular flexibility index (Phi) is 2.36. The number of nitrogens with two attached hydrogens (primary N) is 2. The SMILES string of the molecule is [3H]c1cc(F)c([C@@]2(C)N=C(N)OCC2(F)F)cc1N. The number of hydrogen-bond donors (Lipinski definition) is 2. The third kappa shape index (κ3) is 1.75. The van der Waals surface area contributed by atoms with Crippen molar-refractivity contribution in [2.45, 2.75) is 18.4 Å². The van der Waals surface area contributed by atoms with Crippen LogP contribution in [0, 0.1) is 5.82 Å². The van der Waals surface area contributed by atoms with Crippen LogP contribution in [0.1, 0.15) is 13.9 Å². The van der Waals surface area contributed by atoms with E-state index in [0.29, 0.717) is 0 Å². The summed E-state index contributed by atoms with van der Waals surface area (Å²) >= 11 is 0. The van der Waals surface area contributed by atoms with Gasteiger partial charge in [-0.3, -0.25) is 0 Å². The van der Waals surface area contributed by atoms with Crippen LogP contribution < -0.4 is 11.5 Å². The van der Waals surface area contributed by atoms with E-state index in [0.717, 1.165) is 19.1 Å². The lowest BCUT2D eigenvalue weighted by Gasteiger charge is -2.37. The van der Waals surface area contributed by atoms with Gasteiger partial charge in [0.2, 0.25) is 0 Å². The minimum atomic E-state index is -3.45. The molecular weight excluding hydrogens is 247 g/mol. The lowest BCUT2D eigenvalue weighted by molar-refractivity contribution is -0.117. The molecule has 4 nitrogen and oxygen atoms in total. The molecule has 0 bridgehead atoms. The molecule has 0 unspecified atom stereocenters. The number of aliphatic imine (C=N–C) groups is 1. The Balaban J connectivity index is 2.67. The van der Waals surface area contributed by atoms with Crippen molar-refractivity contribution in [2.75, 3.05) is 12.3 Å². The molecular formula is C11H12F3N3O. The van der Waals surface area contributed by atoms with E-state index in [1.54, 1.807) is 0 Å². The molecule has 1 atom stereocenters. The predicted molar refractivity (Wildman–Crippen MR) is 60.7 cm³/mol. The van der Waals surface area contributed by atoms with Gasteiger partial charge in [-0.05, 0) is 25.1 Å². The standard InChI is InChI=1S/C11H12F3N3O/c1-10(7-4-6(15)2-3-8(7)12)11(13,14)5-18-9(16)17-10/h2-4H,5,15H2,1H3,(H2,16,17)/t10-/m1/s1/i2T. The molecule has 98 valence electrons. The molecule has 0 fully saturated rings. The van der Waals surface area contributed by atoms with Gasteiger partial charge < -0.3 is 16.2 Å². The van der Waals surface area contributed by atoms with Crippen LogP contribution in [-0.4, -0.2) is 18.6 Å². The maximum atomic E-state index is 14.0. The fraction of sp³-hybridized carbons (Fsp3) is 0.364. The van der Waals surface area contributed by atoms with E-state index in [2.05, 4.69) is 9.73 Å². The van der Waals surface area contributed by atoms with Crippen LogP contribution in [0.3, 0.4) is 0 Å². The van der Waals surface area contributed by atoms with Gasteiger partial charge in [0.05, 0.1) is 1.37 Å². The highest BCUT2D eigenvalue weighted by Crippen LogP contribution is 2.44. The Morgan fingerprint density at radius 3 is 2.83 bits per heavy atom. The van der Waals surface area contributed by atoms with E-state index in [9.17, 15) is 13.2 Å². The molecule has 0 saturated carbocycles. The first-order chi connectivity index (χ1) is 8.67. The summed E-state index contributed by atoms with van der Waals surface area (Å²) in [4.78, 5) is 3.53. The highest BCUT2D eigenvalue weighted by molar-refractivity contribution is 5.73. The molecule has 1 aliphatic rings. The largest absolute Gasteiger partial charge is 0.459 e. The van der Waals surface area contributed by atoms with Gasteiger partial charge in [0, 0.05) is 11.3 Å². The number of benzene rings is 1. The van der Waals surface area contributed by atoms with Gasteiger partial charge in [0.25, 0.3) is 6.02 Å². The van der Waals surface area contributed by atoms with E-state index in [-0.39, 0.29) is 11.7 Å². The van der Waals surface area contributed by atoms with E-state index in [1.165, 1.54) is 0 Å². The van der Waals surface area contributed by atoms with Crippen molar-refractivity contribution in [2.24, 2.45) is 10.7 Å². The number of anilines is 1. The molecule has 0 aromatic heterocycles. The molecule has 18 heavy (non-hydrogen) atoms. The first kappa shape index (κ1) is 11.2. The maximum Gasteiger partial charge on any atom is 0.310 e. The monoisotopic (exact) mass is 261 g/mol. The minimum absolute atomic E-state index is 0.117. The number of amidine groups is 1. The smallest absolute Gasteiger partial charge is 0.310 e. The average molecular weight is 261 g/mol. The highest BCUT2D eigenvalue weighted by atomic mass is 19.3. The predicted octanol–water partition coefficient (Wildman–Crippen LogP) is 1.60. The zero-order chi connectivity index (χ0) is 14.4. The summed E-state index contributed by atoms with van der Waals surface area (Å²) in [5, 5.41) is 0. The van der Waals surface area contributed by atoms with E-state index < -0.39 is 35.5 Å². The minimum Gasteiger partial charge on any atom is -0.459 e. The molecule has 2 rings (SSSR count). The van der Waals surface area contributed by atoms with Crippen molar-refractivity contribution in [1.29, 1.82) is 0 Å². The lowest BCUT2D eigenvalue weighted by Crippen LogP contribution is -2.51. The number of alkyl halides is 2. The van der Waals surface area contributed by atoms with Crippen LogP contribution in [-0.2, 0) is 10.3 Å². The molecule has 0 saturated heterocycles. The van der Waals surface area contributed by atoms with Crippen molar-refractivity contribution >= 4 is 11.7 Å². The number of nitrogens with zero attached hydrogens (tertiary/aromatic N) is 1. The Bertz CT molecular complexity index is 564. The molecule has 1 aromatic carbocycles. The fourth-order valence-electron chi connectivity index (χ4n) is 1.76. The summed E-state index contributed by atoms with van der Waals surface area (Å²) in [6.07, 6.45) is 0. The normalized spacial score (nSPS) is 27.1. The van der Waals surface area contributed by atoms with Crippen LogP contribution in [0.4, 0.5) is 18.9 Å². The van der Waals surface area contributed by atoms with Crippen LogP contribution in [0.2, 0.25) is 0 Å². The van der Waals surface area contributed by atoms with E-state index in [4.69, 9.17) is 12.8 Å². The molecule has 1 aromatic rings. The number of ether oxygens (including phenoxy) is 1. The third-order valence-electron chi connectivity index (χ3n) is 2.89. The quantitative estimate of drug-likeness (QED) is 0.754. The summed E-state index contributed by atoms with van der Waals surface area (Å²) in [5.74, 6) is -4.44. The molecule has 0 amide bonds. The zero-order valence-electron chi connectivity index (χ0n) is 10.5. The van der Waals surface area contributed by atoms with Crippen LogP contribution in [0.5, 0.6) is 0 Å². The highest BCUT2D eigenvalue weighted by Gasteiger charge is 2.56. The van der Waals surface area contributed by atoms with Crippen LogP contribution in [0.15, 0.2) is 23.2 Å². The molecule has 1 aliphatic heterocycles. The fourth-order valence-corrected chi connectivity index (χ4v) is 1.76. The van der Waals surface area contributed by atoms with Crippen molar-refractivity contribution in [1.82, 2.24) is 0 Å². The van der Waals surface area contributed by atoms with Gasteiger partial charge in [-0.15, -0.1) is 0 Å². The lowest BCUT2D eigenvalue weighted by atomic mass is 9.85. The number of halogens is 3. The van der Waals surface area contributed by atoms with Crippen molar-refractivity contribution in [3.05, 3.63) is 29.6 Å². The van der Waals surface area contributed by atoms with Crippen LogP contribution in [0.25, 0.3) is 0 Å². The Hall–Kier alpha value is -1.92. The number of nitrogen functional groups attached to an aromatic ring is 1. The van der Waals surface area contributed by atoms with E-state index in [1.807, 2.05) is 0 Å². The number of hydrogen-bond acceptors (Lipinski definition) is 4. The second kappa shape index (κ2) is 3.79. The second-order valence-electron chi connectivity index (χ2n) is 4.17. The Labute approximate surface area is 103 Å². The van der Waals surface area contributed by atoms with E-state index >= 15 is 0 Å². The molecule has 0 spiro atoms. The van der Waals surface area contributed by atoms with Crippen molar-refractivity contribution in [3.8, 4) is 0 Å². The van der Waals surface area contributed by atoms with Crippen molar-refractivity contribution < 1.29 is 19.3 Å². The number of rotatable bonds is 1. The summed E-state index contributed by atoms with van der Waals surface area (Å²) in [6, 6.07) is 1.03. The Morgan fingerprint density at radius 1 is 1.50 bits per heavy atom. The zero-order valence-corrected chi connectivity index (χ0v) is 9.51. The van der Waals surface area contributed by atoms with Gasteiger partial charge in [0.15, 0.2) is 12.1 Å². The molecule has 1 heterocycles. The van der Waals surface area contributed by atoms with Crippen molar-refractivity contribution in [3.63, 3.8) is 0 Å². The van der Waals surface area contributed by atoms with Gasteiger partial charge in [0.1, 0.15) is 5.82 Å². The van der Waals surface area contributed by atoms with Gasteiger partial charge >= 0.3 is 5.92 Å². The van der Waals surface area contributed by atoms with Gasteiger partial charge in [-0.1, -0.05) is 0 Å². The topological polar surface area (TPSA) is 73.6 Å². The van der Waals surface area contributed by atoms with Crippen LogP contribution >= 0.6 is 0 Å². The summed E-state index contributed by atoms with van der Waals surface area (Å²) < 4.78 is 53.7. The summed E-state index contributed by atoms with van der Waals surface area (Å²) in [7, 11) is 0. The first-order valence-corrected chi connectivity index (χ1v) is 5.09. The Morgan fingerprint density at radius 2 is 2.17 bits per heavy atom. The molecule has 0 radical (unpaired) electrons. The first-order valence-electron chi connectivity index (χ1n) is 5.59. The molecule has 7 heteroatoms. The molecule has 0 aliphatic carbocycles. The maximum absolute atomic E-state index is 14.0. The summed E-state index contributed by atoms with van der Waals surface area (Å²) in [5.41, 5.74) is 8.00. The van der Waals surface area contributed by atoms with Gasteiger partial charge in [-0.2, -0.15) is 8.78 Å².